The summed E-state index contributed by atoms with van der Waals surface area (Å²) in [7, 11) is 0. The van der Waals surface area contributed by atoms with Gasteiger partial charge in [-0.25, -0.2) is 4.52 Å². The quantitative estimate of drug-likeness (QED) is 0.136. The van der Waals surface area contributed by atoms with Crippen LogP contribution in [0.15, 0.2) is 297 Å². The van der Waals surface area contributed by atoms with Crippen molar-refractivity contribution in [1.82, 2.24) is 9.61 Å². The van der Waals surface area contributed by atoms with Gasteiger partial charge in [-0.3, -0.25) is 0 Å². The second kappa shape index (κ2) is 18.3. The van der Waals surface area contributed by atoms with Crippen molar-refractivity contribution >= 4 is 33.4 Å². The molecule has 1 aliphatic carbocycles. The maximum atomic E-state index is 5.83. The average Bonchev–Trinajstić information content (AvgIpc) is 4.04. The number of nitrogens with zero attached hydrogens (tertiary/aromatic N) is 3. The van der Waals surface area contributed by atoms with Crippen molar-refractivity contribution in [3.05, 3.63) is 320 Å². The Bertz CT molecular complexity index is 4170. The van der Waals surface area contributed by atoms with Crippen molar-refractivity contribution in [3.8, 4) is 67.0 Å². The first-order valence-corrected chi connectivity index (χ1v) is 25.8. The van der Waals surface area contributed by atoms with Gasteiger partial charge >= 0.3 is 0 Å². The van der Waals surface area contributed by atoms with Crippen LogP contribution < -0.4 is 4.90 Å². The summed E-state index contributed by atoms with van der Waals surface area (Å²) < 4.78 is 2.26. The van der Waals surface area contributed by atoms with Gasteiger partial charge in [0.2, 0.25) is 0 Å². The van der Waals surface area contributed by atoms with Crippen LogP contribution in [0.25, 0.3) is 83.3 Å². The highest BCUT2D eigenvalue weighted by molar-refractivity contribution is 6.16. The molecule has 0 aliphatic heterocycles. The van der Waals surface area contributed by atoms with Crippen LogP contribution in [-0.2, 0) is 5.41 Å². The Hall–Kier alpha value is -9.83. The number of rotatable bonds is 10. The number of anilines is 3. The van der Waals surface area contributed by atoms with E-state index in [9.17, 15) is 0 Å². The first kappa shape index (κ1) is 43.9. The van der Waals surface area contributed by atoms with Gasteiger partial charge in [-0.05, 0) is 73.8 Å². The molecular formula is C72H49N3. The topological polar surface area (TPSA) is 20.5 Å². The summed E-state index contributed by atoms with van der Waals surface area (Å²) in [5.41, 5.74) is 21.7. The largest absolute Gasteiger partial charge is 0.307 e. The third-order valence-electron chi connectivity index (χ3n) is 15.3. The molecule has 0 saturated heterocycles. The maximum absolute atomic E-state index is 5.83. The van der Waals surface area contributed by atoms with Gasteiger partial charge in [0.1, 0.15) is 5.69 Å². The van der Waals surface area contributed by atoms with Crippen LogP contribution >= 0.6 is 0 Å². The van der Waals surface area contributed by atoms with Crippen molar-refractivity contribution in [1.29, 1.82) is 0 Å². The Balaban J connectivity index is 1.16. The fourth-order valence-electron chi connectivity index (χ4n) is 12.2. The minimum Gasteiger partial charge on any atom is -0.307 e. The molecule has 11 aromatic carbocycles. The minimum absolute atomic E-state index is 0.624. The Labute approximate surface area is 437 Å². The van der Waals surface area contributed by atoms with E-state index >= 15 is 0 Å². The summed E-state index contributed by atoms with van der Waals surface area (Å²) in [6.45, 7) is 0. The van der Waals surface area contributed by atoms with Crippen molar-refractivity contribution in [3.63, 3.8) is 0 Å². The van der Waals surface area contributed by atoms with Crippen molar-refractivity contribution in [2.45, 2.75) is 5.41 Å². The molecule has 75 heavy (non-hydrogen) atoms. The number of hydrogen-bond donors (Lipinski definition) is 0. The molecule has 3 heteroatoms. The molecule has 14 rings (SSSR count). The third-order valence-corrected chi connectivity index (χ3v) is 15.3. The molecule has 0 atom stereocenters. The molecule has 2 aromatic heterocycles. The molecule has 0 N–H and O–H groups in total. The van der Waals surface area contributed by atoms with Gasteiger partial charge in [-0.2, -0.15) is 5.10 Å². The SMILES string of the molecule is c1ccc(-c2ccccc2-c2ccccc2N(c2ccc3c(c2)C(c2ccccc2)(c2ccccc2)c2ccccc2-3)c2c(-c3ccccc3)n3nc(-c4ccccc4)c(-c4ccccc4)c3c3ccccc23)cc1. The predicted molar refractivity (Wildman–Crippen MR) is 312 cm³/mol. The smallest absolute Gasteiger partial charge is 0.101 e. The number of para-hydroxylation sites is 1. The molecule has 1 aliphatic rings. The monoisotopic (exact) mass is 955 g/mol. The molecule has 0 saturated carbocycles. The predicted octanol–water partition coefficient (Wildman–Crippen LogP) is 18.7. The summed E-state index contributed by atoms with van der Waals surface area (Å²) in [5, 5.41) is 8.03. The summed E-state index contributed by atoms with van der Waals surface area (Å²) in [6.07, 6.45) is 0. The van der Waals surface area contributed by atoms with Gasteiger partial charge in [0.25, 0.3) is 0 Å². The molecule has 13 aromatic rings. The molecule has 0 fully saturated rings. The summed E-state index contributed by atoms with van der Waals surface area (Å²) in [5.74, 6) is 0. The van der Waals surface area contributed by atoms with Crippen molar-refractivity contribution in [2.75, 3.05) is 4.90 Å². The van der Waals surface area contributed by atoms with E-state index in [1.165, 1.54) is 33.4 Å². The molecule has 3 nitrogen and oxygen atoms in total. The number of hydrogen-bond acceptors (Lipinski definition) is 2. The lowest BCUT2D eigenvalue weighted by atomic mass is 9.67. The van der Waals surface area contributed by atoms with Crippen LogP contribution in [0.4, 0.5) is 17.1 Å². The third kappa shape index (κ3) is 7.08. The van der Waals surface area contributed by atoms with E-state index in [1.807, 2.05) is 0 Å². The lowest BCUT2D eigenvalue weighted by molar-refractivity contribution is 0.768. The highest BCUT2D eigenvalue weighted by Gasteiger charge is 2.46. The minimum atomic E-state index is -0.624. The lowest BCUT2D eigenvalue weighted by Crippen LogP contribution is -2.28. The molecule has 352 valence electrons. The summed E-state index contributed by atoms with van der Waals surface area (Å²) in [4.78, 5) is 2.55. The molecule has 0 bridgehead atoms. The van der Waals surface area contributed by atoms with Crippen LogP contribution in [0.5, 0.6) is 0 Å². The van der Waals surface area contributed by atoms with Gasteiger partial charge in [0, 0.05) is 38.7 Å². The van der Waals surface area contributed by atoms with Gasteiger partial charge in [0.15, 0.2) is 0 Å². The molecule has 0 spiro atoms. The highest BCUT2D eigenvalue weighted by Crippen LogP contribution is 2.59. The fraction of sp³-hybridized carbons (Fsp3) is 0.0139. The average molecular weight is 956 g/mol. The van der Waals surface area contributed by atoms with Gasteiger partial charge < -0.3 is 4.90 Å². The number of aromatic nitrogens is 2. The van der Waals surface area contributed by atoms with E-state index in [2.05, 4.69) is 307 Å². The fourth-order valence-corrected chi connectivity index (χ4v) is 12.2. The molecule has 0 unspecified atom stereocenters. The highest BCUT2D eigenvalue weighted by atomic mass is 15.3. The summed E-state index contributed by atoms with van der Waals surface area (Å²) in [6, 6.07) is 108. The van der Waals surface area contributed by atoms with Gasteiger partial charge in [0.05, 0.1) is 28.0 Å². The Kier molecular flexibility index (Phi) is 10.7. The lowest BCUT2D eigenvalue weighted by Gasteiger charge is -2.36. The Morgan fingerprint density at radius 3 is 1.44 bits per heavy atom. The first-order valence-electron chi connectivity index (χ1n) is 25.8. The van der Waals surface area contributed by atoms with E-state index in [-0.39, 0.29) is 0 Å². The second-order valence-electron chi connectivity index (χ2n) is 19.3. The second-order valence-corrected chi connectivity index (χ2v) is 19.3. The maximum Gasteiger partial charge on any atom is 0.101 e. The zero-order valence-electron chi connectivity index (χ0n) is 41.1. The van der Waals surface area contributed by atoms with E-state index in [4.69, 9.17) is 5.10 Å². The normalized spacial score (nSPS) is 12.4. The van der Waals surface area contributed by atoms with Crippen molar-refractivity contribution < 1.29 is 0 Å². The molecule has 2 heterocycles. The van der Waals surface area contributed by atoms with Crippen molar-refractivity contribution in [2.24, 2.45) is 0 Å². The van der Waals surface area contributed by atoms with Crippen LogP contribution in [0, 0.1) is 0 Å². The van der Waals surface area contributed by atoms with E-state index < -0.39 is 5.41 Å². The van der Waals surface area contributed by atoms with Crippen LogP contribution in [0.2, 0.25) is 0 Å². The molecule has 0 amide bonds. The van der Waals surface area contributed by atoms with E-state index in [0.29, 0.717) is 0 Å². The molecule has 0 radical (unpaired) electrons. The molecular weight excluding hydrogens is 907 g/mol. The number of pyridine rings is 1. The van der Waals surface area contributed by atoms with Crippen LogP contribution in [0.1, 0.15) is 22.3 Å². The Morgan fingerprint density at radius 1 is 0.333 bits per heavy atom. The summed E-state index contributed by atoms with van der Waals surface area (Å²) >= 11 is 0. The zero-order chi connectivity index (χ0) is 49.7. The van der Waals surface area contributed by atoms with Gasteiger partial charge in [-0.1, -0.05) is 279 Å². The zero-order valence-corrected chi connectivity index (χ0v) is 41.1. The van der Waals surface area contributed by atoms with Crippen LogP contribution in [0.3, 0.4) is 0 Å². The van der Waals surface area contributed by atoms with E-state index in [0.717, 1.165) is 89.2 Å². The number of fused-ring (bicyclic) bond motifs is 6. The standard InChI is InChI=1S/C72H49N3/c1-7-27-50(28-8-1)57-39-19-20-40-58(57)61-42-24-26-46-66(61)74(56-47-48-60-59-41-23-25-45-64(59)72(65(60)49-56,54-35-15-5-16-36-54)55-37-17-6-18-38-55)71-63-44-22-21-43-62(63)70-67(51-29-9-2-10-30-51)68(52-31-11-3-12-32-52)73-75(70)69(71)53-33-13-4-14-34-53/h1-49H. The first-order chi connectivity index (χ1) is 37.3. The number of benzene rings is 11. The van der Waals surface area contributed by atoms with E-state index in [1.54, 1.807) is 0 Å². The van der Waals surface area contributed by atoms with Crippen LogP contribution in [-0.4, -0.2) is 9.61 Å². The Morgan fingerprint density at radius 2 is 0.800 bits per heavy atom. The van der Waals surface area contributed by atoms with Gasteiger partial charge in [-0.15, -0.1) is 0 Å².